The highest BCUT2D eigenvalue weighted by Crippen LogP contribution is 2.52. The van der Waals surface area contributed by atoms with Crippen molar-refractivity contribution in [1.29, 1.82) is 0 Å². The van der Waals surface area contributed by atoms with Crippen LogP contribution in [-0.4, -0.2) is 28.8 Å². The molecule has 2 aliphatic heterocycles. The van der Waals surface area contributed by atoms with Crippen molar-refractivity contribution in [3.63, 3.8) is 0 Å². The Labute approximate surface area is 174 Å². The van der Waals surface area contributed by atoms with E-state index in [4.69, 9.17) is 16.4 Å². The molecule has 2 heterocycles. The Morgan fingerprint density at radius 2 is 1.75 bits per heavy atom. The largest absolute Gasteiger partial charge is 0.388 e. The fourth-order valence-electron chi connectivity index (χ4n) is 4.24. The smallest absolute Gasteiger partial charge is 0.329 e. The highest BCUT2D eigenvalue weighted by Gasteiger charge is 2.68. The monoisotopic (exact) mass is 459 g/mol. The number of hydrogen-bond acceptors (Lipinski definition) is 4. The molecular formula is C20H15BrClN3O3. The molecule has 0 atom stereocenters. The number of carbonyl (C=O) groups excluding carboxylic acids is 2. The molecule has 142 valence electrons. The molecule has 28 heavy (non-hydrogen) atoms. The Hall–Kier alpha value is -2.38. The first-order valence-corrected chi connectivity index (χ1v) is 10.0. The second-order valence-corrected chi connectivity index (χ2v) is 8.83. The van der Waals surface area contributed by atoms with E-state index < -0.39 is 17.2 Å². The van der Waals surface area contributed by atoms with Crippen molar-refractivity contribution < 1.29 is 14.4 Å². The van der Waals surface area contributed by atoms with Gasteiger partial charge < -0.3 is 10.2 Å². The van der Waals surface area contributed by atoms with E-state index in [0.29, 0.717) is 30.0 Å². The Kier molecular flexibility index (Phi) is 3.83. The minimum Gasteiger partial charge on any atom is -0.388 e. The number of carbonyl (C=O) groups is 2. The lowest BCUT2D eigenvalue weighted by Crippen LogP contribution is -2.65. The molecule has 1 saturated carbocycles. The van der Waals surface area contributed by atoms with Crippen molar-refractivity contribution in [1.82, 2.24) is 5.32 Å². The van der Waals surface area contributed by atoms with Crippen molar-refractivity contribution in [2.45, 2.75) is 30.4 Å². The van der Waals surface area contributed by atoms with Crippen molar-refractivity contribution in [3.8, 4) is 0 Å². The van der Waals surface area contributed by atoms with Crippen molar-refractivity contribution in [2.75, 3.05) is 4.90 Å². The first kappa shape index (κ1) is 17.7. The summed E-state index contributed by atoms with van der Waals surface area (Å²) in [7, 11) is 0. The van der Waals surface area contributed by atoms with Crippen LogP contribution in [0.25, 0.3) is 0 Å². The number of nitrogens with zero attached hydrogens (tertiary/aromatic N) is 2. The molecule has 2 spiro atoms. The number of anilines is 1. The second-order valence-electron chi connectivity index (χ2n) is 7.48. The third kappa shape index (κ3) is 2.64. The Morgan fingerprint density at radius 3 is 2.43 bits per heavy atom. The zero-order valence-electron chi connectivity index (χ0n) is 14.6. The van der Waals surface area contributed by atoms with Gasteiger partial charge in [-0.15, -0.1) is 0 Å². The van der Waals surface area contributed by atoms with Gasteiger partial charge in [-0.2, -0.15) is 0 Å². The molecule has 2 fully saturated rings. The number of benzene rings is 2. The summed E-state index contributed by atoms with van der Waals surface area (Å²) in [5.41, 5.74) is 0.881. The average Bonchev–Trinajstić information content (AvgIpc) is 3.18. The molecule has 0 radical (unpaired) electrons. The number of urea groups is 1. The summed E-state index contributed by atoms with van der Waals surface area (Å²) in [4.78, 5) is 32.4. The van der Waals surface area contributed by atoms with Gasteiger partial charge in [0.15, 0.2) is 0 Å². The average molecular weight is 461 g/mol. The molecule has 0 unspecified atom stereocenters. The van der Waals surface area contributed by atoms with E-state index in [1.165, 1.54) is 4.90 Å². The number of hydrogen-bond donors (Lipinski definition) is 1. The highest BCUT2D eigenvalue weighted by molar-refractivity contribution is 9.10. The number of amides is 3. The zero-order chi connectivity index (χ0) is 19.5. The summed E-state index contributed by atoms with van der Waals surface area (Å²) in [5, 5.41) is 7.65. The van der Waals surface area contributed by atoms with Crippen LogP contribution in [0, 0.1) is 0 Å². The third-order valence-electron chi connectivity index (χ3n) is 5.51. The first-order chi connectivity index (χ1) is 13.4. The lowest BCUT2D eigenvalue weighted by molar-refractivity contribution is -0.150. The van der Waals surface area contributed by atoms with Gasteiger partial charge in [0.1, 0.15) is 11.1 Å². The second kappa shape index (κ2) is 6.06. The van der Waals surface area contributed by atoms with E-state index in [1.807, 2.05) is 24.3 Å². The molecule has 1 saturated heterocycles. The maximum atomic E-state index is 13.0. The Morgan fingerprint density at radius 1 is 1.07 bits per heavy atom. The van der Waals surface area contributed by atoms with Gasteiger partial charge in [-0.3, -0.25) is 4.79 Å². The SMILES string of the molecule is O=C1NC2(CC3(CC(c4ccc(Br)cc4)=NO3)C2)C(=O)N1c1ccc(Cl)cc1. The maximum Gasteiger partial charge on any atom is 0.329 e. The number of imide groups is 1. The Balaban J connectivity index is 1.32. The molecular weight excluding hydrogens is 446 g/mol. The normalized spacial score (nSPS) is 28.4. The van der Waals surface area contributed by atoms with Gasteiger partial charge >= 0.3 is 6.03 Å². The predicted molar refractivity (Wildman–Crippen MR) is 109 cm³/mol. The summed E-state index contributed by atoms with van der Waals surface area (Å²) in [6.07, 6.45) is 1.41. The van der Waals surface area contributed by atoms with Crippen LogP contribution in [0.15, 0.2) is 58.2 Å². The maximum absolute atomic E-state index is 13.0. The molecule has 1 N–H and O–H groups in total. The predicted octanol–water partition coefficient (Wildman–Crippen LogP) is 4.25. The lowest BCUT2D eigenvalue weighted by Gasteiger charge is -2.48. The van der Waals surface area contributed by atoms with Crippen LogP contribution in [0.1, 0.15) is 24.8 Å². The highest BCUT2D eigenvalue weighted by atomic mass is 79.9. The van der Waals surface area contributed by atoms with Crippen molar-refractivity contribution >= 4 is 50.9 Å². The summed E-state index contributed by atoms with van der Waals surface area (Å²) in [6.45, 7) is 0. The summed E-state index contributed by atoms with van der Waals surface area (Å²) >= 11 is 9.33. The van der Waals surface area contributed by atoms with Crippen LogP contribution < -0.4 is 10.2 Å². The van der Waals surface area contributed by atoms with Gasteiger partial charge in [-0.25, -0.2) is 9.69 Å². The van der Waals surface area contributed by atoms with E-state index in [9.17, 15) is 9.59 Å². The molecule has 3 aliphatic rings. The molecule has 0 aromatic heterocycles. The molecule has 0 bridgehead atoms. The first-order valence-electron chi connectivity index (χ1n) is 8.83. The number of oxime groups is 1. The third-order valence-corrected chi connectivity index (χ3v) is 6.29. The number of rotatable bonds is 2. The van der Waals surface area contributed by atoms with E-state index in [2.05, 4.69) is 26.4 Å². The molecule has 1 aliphatic carbocycles. The minimum absolute atomic E-state index is 0.258. The molecule has 5 rings (SSSR count). The number of nitrogens with one attached hydrogen (secondary N) is 1. The standard InChI is InChI=1S/C20H15BrClN3O3/c21-13-3-1-12(2-4-13)16-9-19(28-24-16)10-20(11-19)17(26)25(18(27)23-20)15-7-5-14(22)6-8-15/h1-8H,9-11H2,(H,23,27). The van der Waals surface area contributed by atoms with Crippen LogP contribution in [0.5, 0.6) is 0 Å². The van der Waals surface area contributed by atoms with Gasteiger partial charge in [0.05, 0.1) is 11.4 Å². The molecule has 8 heteroatoms. The summed E-state index contributed by atoms with van der Waals surface area (Å²) < 4.78 is 0.995. The van der Waals surface area contributed by atoms with E-state index in [-0.39, 0.29) is 5.91 Å². The minimum atomic E-state index is -0.929. The quantitative estimate of drug-likeness (QED) is 0.681. The number of halogens is 2. The van der Waals surface area contributed by atoms with Crippen LogP contribution in [0.3, 0.4) is 0 Å². The van der Waals surface area contributed by atoms with Crippen LogP contribution in [-0.2, 0) is 9.63 Å². The Bertz CT molecular complexity index is 1010. The molecule has 2 aromatic carbocycles. The fourth-order valence-corrected chi connectivity index (χ4v) is 4.63. The molecule has 2 aromatic rings. The van der Waals surface area contributed by atoms with E-state index in [1.54, 1.807) is 24.3 Å². The molecule has 3 amide bonds. The van der Waals surface area contributed by atoms with Gasteiger partial charge in [0.2, 0.25) is 0 Å². The van der Waals surface area contributed by atoms with Gasteiger partial charge in [-0.1, -0.05) is 44.8 Å². The van der Waals surface area contributed by atoms with Crippen LogP contribution in [0.2, 0.25) is 5.02 Å². The van der Waals surface area contributed by atoms with Gasteiger partial charge in [0.25, 0.3) is 5.91 Å². The topological polar surface area (TPSA) is 71.0 Å². The van der Waals surface area contributed by atoms with Crippen molar-refractivity contribution in [2.24, 2.45) is 5.16 Å². The van der Waals surface area contributed by atoms with Gasteiger partial charge in [0, 0.05) is 28.8 Å². The fraction of sp³-hybridized carbons (Fsp3) is 0.250. The van der Waals surface area contributed by atoms with Crippen molar-refractivity contribution in [3.05, 3.63) is 63.6 Å². The van der Waals surface area contributed by atoms with E-state index in [0.717, 1.165) is 15.7 Å². The zero-order valence-corrected chi connectivity index (χ0v) is 17.0. The summed E-state index contributed by atoms with van der Waals surface area (Å²) in [5.74, 6) is -0.258. The van der Waals surface area contributed by atoms with Gasteiger partial charge in [-0.05, 0) is 42.0 Å². The van der Waals surface area contributed by atoms with E-state index >= 15 is 0 Å². The lowest BCUT2D eigenvalue weighted by atomic mass is 9.62. The summed E-state index contributed by atoms with van der Waals surface area (Å²) in [6, 6.07) is 14.1. The molecule has 6 nitrogen and oxygen atoms in total. The van der Waals surface area contributed by atoms with Crippen LogP contribution in [0.4, 0.5) is 10.5 Å². The van der Waals surface area contributed by atoms with Crippen LogP contribution >= 0.6 is 27.5 Å².